The van der Waals surface area contributed by atoms with Crippen molar-refractivity contribution >= 4 is 11.8 Å². The second kappa shape index (κ2) is 12.3. The molecule has 0 fully saturated rings. The van der Waals surface area contributed by atoms with Gasteiger partial charge in [0.25, 0.3) is 6.20 Å². The van der Waals surface area contributed by atoms with E-state index in [1.807, 2.05) is 30.3 Å². The van der Waals surface area contributed by atoms with Crippen molar-refractivity contribution in [1.82, 2.24) is 15.5 Å². The normalized spacial score (nSPS) is 12.9. The summed E-state index contributed by atoms with van der Waals surface area (Å²) in [5.74, 6) is 5.23. The van der Waals surface area contributed by atoms with Gasteiger partial charge in [-0.15, -0.1) is 0 Å². The Labute approximate surface area is 192 Å². The minimum absolute atomic E-state index is 0.215. The number of nitro groups is 1. The first kappa shape index (κ1) is 23.8. The first-order chi connectivity index (χ1) is 15.6. The van der Waals surface area contributed by atoms with Crippen LogP contribution in [0.15, 0.2) is 46.8 Å². The molecule has 10 heteroatoms. The van der Waals surface area contributed by atoms with Gasteiger partial charge >= 0.3 is 0 Å². The summed E-state index contributed by atoms with van der Waals surface area (Å²) in [5, 5.41) is 17.1. The molecule has 0 bridgehead atoms. The number of rotatable bonds is 14. The molecule has 0 atom stereocenters. The van der Waals surface area contributed by atoms with Gasteiger partial charge < -0.3 is 24.5 Å². The molecule has 0 aliphatic carbocycles. The predicted molar refractivity (Wildman–Crippen MR) is 124 cm³/mol. The molecule has 1 aromatic carbocycles. The van der Waals surface area contributed by atoms with Crippen LogP contribution in [0.3, 0.4) is 0 Å². The van der Waals surface area contributed by atoms with Crippen LogP contribution >= 0.6 is 11.8 Å². The van der Waals surface area contributed by atoms with Crippen LogP contribution in [-0.4, -0.2) is 42.0 Å². The molecule has 3 rings (SSSR count). The Morgan fingerprint density at radius 3 is 2.72 bits per heavy atom. The van der Waals surface area contributed by atoms with Gasteiger partial charge in [-0.3, -0.25) is 15.0 Å². The molecule has 0 radical (unpaired) electrons. The van der Waals surface area contributed by atoms with Gasteiger partial charge in [-0.1, -0.05) is 19.9 Å². The highest BCUT2D eigenvalue weighted by molar-refractivity contribution is 7.98. The van der Waals surface area contributed by atoms with E-state index in [9.17, 15) is 10.1 Å². The molecule has 2 N–H and O–H groups in total. The second-order valence-electron chi connectivity index (χ2n) is 7.18. The van der Waals surface area contributed by atoms with E-state index in [1.54, 1.807) is 11.8 Å². The van der Waals surface area contributed by atoms with Crippen LogP contribution < -0.4 is 20.1 Å². The third kappa shape index (κ3) is 7.38. The van der Waals surface area contributed by atoms with Gasteiger partial charge in [0.1, 0.15) is 11.5 Å². The summed E-state index contributed by atoms with van der Waals surface area (Å²) < 4.78 is 16.6. The van der Waals surface area contributed by atoms with Crippen LogP contribution in [0, 0.1) is 10.1 Å². The van der Waals surface area contributed by atoms with Crippen molar-refractivity contribution in [2.45, 2.75) is 32.7 Å². The van der Waals surface area contributed by atoms with Crippen LogP contribution in [0.4, 0.5) is 0 Å². The number of thioether (sulfide) groups is 1. The maximum Gasteiger partial charge on any atom is 0.274 e. The summed E-state index contributed by atoms with van der Waals surface area (Å²) in [6.07, 6.45) is 0.948. The van der Waals surface area contributed by atoms with Crippen molar-refractivity contribution in [1.29, 1.82) is 0 Å². The quantitative estimate of drug-likeness (QED) is 0.248. The SMILES string of the molecule is CCN(CC)Cc1ccc(CSCCNC(=C[N+](=O)[O-])NCc2ccc3c(c2)OCO3)o1. The number of ether oxygens (including phenoxy) is 2. The van der Waals surface area contributed by atoms with Crippen molar-refractivity contribution in [2.75, 3.05) is 32.2 Å². The molecule has 32 heavy (non-hydrogen) atoms. The van der Waals surface area contributed by atoms with E-state index in [2.05, 4.69) is 29.4 Å². The number of nitrogens with zero attached hydrogens (tertiary/aromatic N) is 2. The number of hydrogen-bond donors (Lipinski definition) is 2. The van der Waals surface area contributed by atoms with Gasteiger partial charge in [-0.2, -0.15) is 11.8 Å². The zero-order valence-corrected chi connectivity index (χ0v) is 19.3. The Bertz CT molecular complexity index is 913. The first-order valence-corrected chi connectivity index (χ1v) is 11.8. The summed E-state index contributed by atoms with van der Waals surface area (Å²) in [7, 11) is 0. The van der Waals surface area contributed by atoms with Gasteiger partial charge in [0.2, 0.25) is 6.79 Å². The third-order valence-electron chi connectivity index (χ3n) is 4.95. The fraction of sp³-hybridized carbons (Fsp3) is 0.455. The lowest BCUT2D eigenvalue weighted by molar-refractivity contribution is -0.404. The van der Waals surface area contributed by atoms with Gasteiger partial charge in [0.15, 0.2) is 17.3 Å². The maximum absolute atomic E-state index is 11.0. The van der Waals surface area contributed by atoms with E-state index in [4.69, 9.17) is 13.9 Å². The van der Waals surface area contributed by atoms with E-state index in [0.717, 1.165) is 54.4 Å². The lowest BCUT2D eigenvalue weighted by Crippen LogP contribution is -2.28. The standard InChI is InChI=1S/C22H30N4O5S/c1-3-25(4-2)13-18-6-7-19(31-18)15-32-10-9-23-22(14-26(27)28)24-12-17-5-8-20-21(11-17)30-16-29-20/h5-8,11,14,23-24H,3-4,9-10,12-13,15-16H2,1-2H3. The molecular formula is C22H30N4O5S. The van der Waals surface area contributed by atoms with Crippen molar-refractivity contribution in [2.24, 2.45) is 0 Å². The lowest BCUT2D eigenvalue weighted by atomic mass is 10.2. The van der Waals surface area contributed by atoms with E-state index >= 15 is 0 Å². The molecule has 174 valence electrons. The number of fused-ring (bicyclic) bond motifs is 1. The molecule has 1 aromatic heterocycles. The molecule has 2 heterocycles. The number of benzene rings is 1. The number of furan rings is 1. The monoisotopic (exact) mass is 462 g/mol. The van der Waals surface area contributed by atoms with Gasteiger partial charge in [-0.25, -0.2) is 0 Å². The molecule has 0 amide bonds. The molecule has 0 spiro atoms. The van der Waals surface area contributed by atoms with Gasteiger partial charge in [0, 0.05) is 18.8 Å². The molecule has 0 saturated carbocycles. The highest BCUT2D eigenvalue weighted by Gasteiger charge is 2.13. The van der Waals surface area contributed by atoms with E-state index in [0.29, 0.717) is 30.4 Å². The van der Waals surface area contributed by atoms with Gasteiger partial charge in [0.05, 0.1) is 17.2 Å². The minimum atomic E-state index is -0.470. The van der Waals surface area contributed by atoms with Crippen molar-refractivity contribution in [3.8, 4) is 11.5 Å². The fourth-order valence-corrected chi connectivity index (χ4v) is 3.94. The van der Waals surface area contributed by atoms with Crippen LogP contribution in [0.2, 0.25) is 0 Å². The molecule has 0 saturated heterocycles. The molecule has 2 aromatic rings. The topological polar surface area (TPSA) is 102 Å². The molecular weight excluding hydrogens is 432 g/mol. The third-order valence-corrected chi connectivity index (χ3v) is 5.93. The zero-order chi connectivity index (χ0) is 22.8. The Kier molecular flexibility index (Phi) is 9.12. The largest absolute Gasteiger partial charge is 0.464 e. The average molecular weight is 463 g/mol. The summed E-state index contributed by atoms with van der Waals surface area (Å²) in [5.41, 5.74) is 0.943. The Morgan fingerprint density at radius 1 is 1.16 bits per heavy atom. The zero-order valence-electron chi connectivity index (χ0n) is 18.5. The van der Waals surface area contributed by atoms with E-state index < -0.39 is 4.92 Å². The molecule has 1 aliphatic rings. The van der Waals surface area contributed by atoms with Crippen molar-refractivity contribution in [3.05, 3.63) is 69.6 Å². The van der Waals surface area contributed by atoms with Crippen LogP contribution in [0.5, 0.6) is 11.5 Å². The average Bonchev–Trinajstić information content (AvgIpc) is 3.43. The summed E-state index contributed by atoms with van der Waals surface area (Å²) in [6, 6.07) is 9.65. The van der Waals surface area contributed by atoms with Crippen LogP contribution in [-0.2, 0) is 18.8 Å². The predicted octanol–water partition coefficient (Wildman–Crippen LogP) is 3.54. The van der Waals surface area contributed by atoms with Crippen molar-refractivity contribution in [3.63, 3.8) is 0 Å². The van der Waals surface area contributed by atoms with E-state index in [1.165, 1.54) is 0 Å². The molecule has 1 aliphatic heterocycles. The smallest absolute Gasteiger partial charge is 0.274 e. The summed E-state index contributed by atoms with van der Waals surface area (Å²) >= 11 is 1.71. The number of nitrogens with one attached hydrogen (secondary N) is 2. The van der Waals surface area contributed by atoms with Crippen LogP contribution in [0.25, 0.3) is 0 Å². The highest BCUT2D eigenvalue weighted by Crippen LogP contribution is 2.32. The van der Waals surface area contributed by atoms with Crippen molar-refractivity contribution < 1.29 is 18.8 Å². The molecule has 9 nitrogen and oxygen atoms in total. The minimum Gasteiger partial charge on any atom is -0.464 e. The summed E-state index contributed by atoms with van der Waals surface area (Å²) in [6.45, 7) is 8.33. The first-order valence-electron chi connectivity index (χ1n) is 10.7. The number of hydrogen-bond acceptors (Lipinski definition) is 9. The lowest BCUT2D eigenvalue weighted by Gasteiger charge is -2.15. The van der Waals surface area contributed by atoms with Gasteiger partial charge in [-0.05, 0) is 42.9 Å². The fourth-order valence-electron chi connectivity index (χ4n) is 3.19. The Morgan fingerprint density at radius 2 is 1.94 bits per heavy atom. The summed E-state index contributed by atoms with van der Waals surface area (Å²) in [4.78, 5) is 12.8. The Hall–Kier alpha value is -2.85. The van der Waals surface area contributed by atoms with E-state index in [-0.39, 0.29) is 6.79 Å². The highest BCUT2D eigenvalue weighted by atomic mass is 32.2. The second-order valence-corrected chi connectivity index (χ2v) is 8.28. The Balaban J connectivity index is 1.39. The maximum atomic E-state index is 11.0. The molecule has 0 unspecified atom stereocenters. The van der Waals surface area contributed by atoms with Crippen LogP contribution in [0.1, 0.15) is 30.9 Å².